The molecule has 3 heterocycles. The molecule has 3 rings (SSSR count). The number of imidazole rings is 1. The van der Waals surface area contributed by atoms with Crippen molar-refractivity contribution < 1.29 is 24.6 Å². The van der Waals surface area contributed by atoms with Crippen molar-refractivity contribution in [3.05, 3.63) is 11.5 Å². The second-order valence-corrected chi connectivity index (χ2v) is 5.27. The third kappa shape index (κ3) is 2.14. The molecule has 0 aliphatic carbocycles. The number of hydrogen-bond donors (Lipinski definition) is 4. The Kier molecular flexibility index (Phi) is 3.46. The Labute approximate surface area is 124 Å². The van der Waals surface area contributed by atoms with Crippen LogP contribution in [0, 0.1) is 0 Å². The molecule has 0 saturated carbocycles. The highest BCUT2D eigenvalue weighted by atomic mass is 35.5. The van der Waals surface area contributed by atoms with Crippen LogP contribution >= 0.6 is 11.6 Å². The number of fused-ring (bicyclic) bond motifs is 1. The van der Waals surface area contributed by atoms with Gasteiger partial charge in [-0.2, -0.15) is 4.98 Å². The van der Waals surface area contributed by atoms with Gasteiger partial charge >= 0.3 is 5.65 Å². The quantitative estimate of drug-likeness (QED) is 0.376. The summed E-state index contributed by atoms with van der Waals surface area (Å²) in [4.78, 5) is 7.97. The van der Waals surface area contributed by atoms with E-state index in [1.807, 2.05) is 0 Å². The van der Waals surface area contributed by atoms with Crippen molar-refractivity contribution in [1.29, 1.82) is 0 Å². The smallest absolute Gasteiger partial charge is 0.311 e. The fourth-order valence-electron chi connectivity index (χ4n) is 2.51. The monoisotopic (exact) mass is 316 g/mol. The van der Waals surface area contributed by atoms with Crippen LogP contribution in [0.2, 0.25) is 5.15 Å². The first kappa shape index (κ1) is 14.4. The molecule has 10 heteroatoms. The summed E-state index contributed by atoms with van der Waals surface area (Å²) in [6.45, 7) is -0.405. The zero-order valence-electron chi connectivity index (χ0n) is 11.1. The lowest BCUT2D eigenvalue weighted by Gasteiger charge is -2.12. The maximum atomic E-state index is 10.1. The molecule has 0 bridgehead atoms. The predicted molar refractivity (Wildman–Crippen MR) is 71.1 cm³/mol. The van der Waals surface area contributed by atoms with E-state index in [1.54, 1.807) is 17.9 Å². The van der Waals surface area contributed by atoms with E-state index >= 15 is 0 Å². The Morgan fingerprint density at radius 3 is 2.76 bits per heavy atom. The van der Waals surface area contributed by atoms with E-state index in [2.05, 4.69) is 9.97 Å². The highest BCUT2D eigenvalue weighted by molar-refractivity contribution is 6.33. The summed E-state index contributed by atoms with van der Waals surface area (Å²) in [7, 11) is 1.73. The van der Waals surface area contributed by atoms with Crippen LogP contribution in [0.1, 0.15) is 6.23 Å². The number of aliphatic hydroxyl groups excluding tert-OH is 3. The molecule has 1 aliphatic rings. The van der Waals surface area contributed by atoms with Gasteiger partial charge < -0.3 is 25.8 Å². The zero-order chi connectivity index (χ0) is 15.3. The van der Waals surface area contributed by atoms with E-state index in [4.69, 9.17) is 27.2 Å². The summed E-state index contributed by atoms with van der Waals surface area (Å²) in [6, 6.07) is 0. The Bertz CT molecular complexity index is 693. The van der Waals surface area contributed by atoms with E-state index in [1.165, 1.54) is 4.57 Å². The fraction of sp³-hybridized carbons (Fsp3) is 0.545. The summed E-state index contributed by atoms with van der Waals surface area (Å²) in [5.41, 5.74) is 6.48. The molecule has 0 aromatic carbocycles. The number of hydrogen-bond acceptors (Lipinski definition) is 7. The minimum atomic E-state index is -1.22. The van der Waals surface area contributed by atoms with E-state index in [0.29, 0.717) is 11.2 Å². The van der Waals surface area contributed by atoms with Crippen LogP contribution in [0.4, 0.5) is 5.95 Å². The molecule has 5 N–H and O–H groups in total. The number of aromatic nitrogens is 4. The molecule has 1 fully saturated rings. The van der Waals surface area contributed by atoms with Crippen molar-refractivity contribution in [2.45, 2.75) is 24.5 Å². The van der Waals surface area contributed by atoms with Gasteiger partial charge in [-0.15, -0.1) is 0 Å². The average Bonchev–Trinajstić information content (AvgIpc) is 2.89. The van der Waals surface area contributed by atoms with Gasteiger partial charge in [0.15, 0.2) is 11.5 Å². The number of aryl methyl sites for hydroxylation is 1. The molecular formula is C11H15ClN5O4+. The first-order valence-electron chi connectivity index (χ1n) is 6.25. The molecule has 2 aromatic heterocycles. The summed E-state index contributed by atoms with van der Waals surface area (Å²) in [6.07, 6.45) is -2.59. The van der Waals surface area contributed by atoms with Crippen molar-refractivity contribution in [3.8, 4) is 0 Å². The maximum absolute atomic E-state index is 10.1. The number of nitrogens with two attached hydrogens (primary N) is 1. The van der Waals surface area contributed by atoms with Crippen molar-refractivity contribution in [2.24, 2.45) is 7.05 Å². The van der Waals surface area contributed by atoms with Crippen LogP contribution in [0.15, 0.2) is 6.33 Å². The molecule has 2 aromatic rings. The van der Waals surface area contributed by atoms with Crippen LogP contribution in [-0.4, -0.2) is 54.8 Å². The van der Waals surface area contributed by atoms with Crippen LogP contribution in [0.5, 0.6) is 0 Å². The average molecular weight is 317 g/mol. The standard InChI is InChI=1S/C11H15ClN5O4/c1-16-3-17(9-5(16)8(12)14-11(13)15-9)10-7(20)6(19)4(2-18)21-10/h3-4,6-7,10,18-20H,2H2,1H3,(H2,13,14,15)/q+1/t4-,6-,7-,10-/m1/s1. The predicted octanol–water partition coefficient (Wildman–Crippen LogP) is -1.90. The second kappa shape index (κ2) is 5.04. The van der Waals surface area contributed by atoms with E-state index < -0.39 is 31.1 Å². The van der Waals surface area contributed by atoms with Crippen molar-refractivity contribution in [2.75, 3.05) is 12.3 Å². The number of nitrogen functional groups attached to an aromatic ring is 1. The SMILES string of the molecule is Cn1c[n+]([C@@H]2O[C@H](CO)[C@@H](O)[C@H]2O)c2nc(N)nc(Cl)c21. The lowest BCUT2D eigenvalue weighted by Crippen LogP contribution is -2.46. The Morgan fingerprint density at radius 2 is 2.14 bits per heavy atom. The number of anilines is 1. The largest absolute Gasteiger partial charge is 0.394 e. The molecule has 1 aliphatic heterocycles. The number of halogens is 1. The van der Waals surface area contributed by atoms with Gasteiger partial charge in [0, 0.05) is 0 Å². The normalized spacial score (nSPS) is 29.4. The molecule has 114 valence electrons. The third-order valence-corrected chi connectivity index (χ3v) is 3.79. The maximum Gasteiger partial charge on any atom is 0.311 e. The molecule has 0 spiro atoms. The summed E-state index contributed by atoms with van der Waals surface area (Å²) in [5.74, 6) is -0.0146. The second-order valence-electron chi connectivity index (χ2n) is 4.91. The molecule has 0 amide bonds. The summed E-state index contributed by atoms with van der Waals surface area (Å²) in [5, 5.41) is 29.3. The van der Waals surface area contributed by atoms with E-state index in [9.17, 15) is 10.2 Å². The van der Waals surface area contributed by atoms with Gasteiger partial charge in [-0.1, -0.05) is 16.6 Å². The van der Waals surface area contributed by atoms with Crippen LogP contribution in [0.25, 0.3) is 11.2 Å². The first-order valence-corrected chi connectivity index (χ1v) is 6.63. The van der Waals surface area contributed by atoms with Gasteiger partial charge in [0.05, 0.1) is 13.7 Å². The molecular weight excluding hydrogens is 302 g/mol. The topological polar surface area (TPSA) is 131 Å². The van der Waals surface area contributed by atoms with Gasteiger partial charge in [0.1, 0.15) is 18.3 Å². The number of rotatable bonds is 2. The molecule has 0 unspecified atom stereocenters. The molecule has 9 nitrogen and oxygen atoms in total. The fourth-order valence-corrected chi connectivity index (χ4v) is 2.82. The lowest BCUT2D eigenvalue weighted by molar-refractivity contribution is -0.745. The van der Waals surface area contributed by atoms with Crippen LogP contribution in [-0.2, 0) is 11.8 Å². The number of aliphatic hydroxyl groups is 3. The summed E-state index contributed by atoms with van der Waals surface area (Å²) >= 11 is 6.05. The minimum absolute atomic E-state index is 0.0146. The minimum Gasteiger partial charge on any atom is -0.394 e. The molecule has 0 radical (unpaired) electrons. The van der Waals surface area contributed by atoms with Gasteiger partial charge in [-0.25, -0.2) is 4.57 Å². The van der Waals surface area contributed by atoms with E-state index in [0.717, 1.165) is 0 Å². The zero-order valence-corrected chi connectivity index (χ0v) is 11.8. The highest BCUT2D eigenvalue weighted by Gasteiger charge is 2.46. The highest BCUT2D eigenvalue weighted by Crippen LogP contribution is 2.27. The van der Waals surface area contributed by atoms with Crippen molar-refractivity contribution >= 4 is 28.7 Å². The Morgan fingerprint density at radius 1 is 1.43 bits per heavy atom. The molecule has 21 heavy (non-hydrogen) atoms. The van der Waals surface area contributed by atoms with Crippen LogP contribution < -0.4 is 10.3 Å². The Hall–Kier alpha value is -1.52. The van der Waals surface area contributed by atoms with E-state index in [-0.39, 0.29) is 11.1 Å². The number of ether oxygens (including phenoxy) is 1. The molecule has 4 atom stereocenters. The van der Waals surface area contributed by atoms with Crippen molar-refractivity contribution in [3.63, 3.8) is 0 Å². The van der Waals surface area contributed by atoms with Gasteiger partial charge in [0.2, 0.25) is 11.7 Å². The Balaban J connectivity index is 2.13. The van der Waals surface area contributed by atoms with Crippen molar-refractivity contribution in [1.82, 2.24) is 14.5 Å². The van der Waals surface area contributed by atoms with Gasteiger partial charge in [-0.05, 0) is 0 Å². The van der Waals surface area contributed by atoms with Gasteiger partial charge in [0.25, 0.3) is 5.95 Å². The summed E-state index contributed by atoms with van der Waals surface area (Å²) < 4.78 is 8.64. The third-order valence-electron chi connectivity index (χ3n) is 3.53. The first-order chi connectivity index (χ1) is 9.93. The molecule has 1 saturated heterocycles. The number of nitrogens with zero attached hydrogens (tertiary/aromatic N) is 4. The van der Waals surface area contributed by atoms with Gasteiger partial charge in [-0.3, -0.25) is 4.57 Å². The van der Waals surface area contributed by atoms with Crippen LogP contribution in [0.3, 0.4) is 0 Å². The lowest BCUT2D eigenvalue weighted by atomic mass is 10.1.